The summed E-state index contributed by atoms with van der Waals surface area (Å²) in [5.74, 6) is 0.00231. The molecule has 38 valence electrons. The van der Waals surface area contributed by atoms with Gasteiger partial charge in [-0.3, -0.25) is 0 Å². The molecule has 3 heteroatoms. The van der Waals surface area contributed by atoms with E-state index in [1.165, 1.54) is 5.38 Å². The minimum Gasteiger partial charge on any atom is -0.507 e. The van der Waals surface area contributed by atoms with Crippen molar-refractivity contribution in [3.8, 4) is 5.75 Å². The molecule has 1 N–H and O–H groups in total. The fraction of sp³-hybridized carbons (Fsp3) is 0. The van der Waals surface area contributed by atoms with Gasteiger partial charge in [0.1, 0.15) is 5.75 Å². The Kier molecular flexibility index (Phi) is 0.982. The molecule has 0 saturated carbocycles. The summed E-state index contributed by atoms with van der Waals surface area (Å²) in [6.45, 7) is 0. The number of thiophene rings is 1. The van der Waals surface area contributed by atoms with Gasteiger partial charge in [-0.05, 0) is 0 Å². The maximum Gasteiger partial charge on any atom is 0.180 e. The quantitative estimate of drug-likeness (QED) is 0.548. The third-order valence-electron chi connectivity index (χ3n) is 0.554. The zero-order valence-corrected chi connectivity index (χ0v) is 4.20. The number of aromatic hydroxyl groups is 1. The normalized spacial score (nSPS) is 9.29. The standard InChI is InChI=1S/C4H3FOS/c5-4-1-3(6)2-7-4/h1-2,6H. The molecule has 7 heavy (non-hydrogen) atoms. The molecule has 0 unspecified atom stereocenters. The summed E-state index contributed by atoms with van der Waals surface area (Å²) in [6.07, 6.45) is 0. The van der Waals surface area contributed by atoms with Crippen LogP contribution >= 0.6 is 11.3 Å². The second-order valence-corrected chi connectivity index (χ2v) is 1.97. The zero-order chi connectivity index (χ0) is 5.28. The second-order valence-electron chi connectivity index (χ2n) is 1.11. The lowest BCUT2D eigenvalue weighted by atomic mass is 10.6. The molecule has 0 fully saturated rings. The Balaban J connectivity index is 3.04. The second kappa shape index (κ2) is 1.50. The monoisotopic (exact) mass is 118 g/mol. The summed E-state index contributed by atoms with van der Waals surface area (Å²) in [5.41, 5.74) is 0. The number of rotatable bonds is 0. The Labute approximate surface area is 44.0 Å². The molecule has 0 aliphatic rings. The van der Waals surface area contributed by atoms with Gasteiger partial charge in [-0.15, -0.1) is 11.3 Å². The van der Waals surface area contributed by atoms with E-state index < -0.39 is 0 Å². The molecule has 0 aromatic carbocycles. The Morgan fingerprint density at radius 2 is 2.43 bits per heavy atom. The van der Waals surface area contributed by atoms with E-state index >= 15 is 0 Å². The van der Waals surface area contributed by atoms with Gasteiger partial charge in [0.25, 0.3) is 0 Å². The number of halogens is 1. The van der Waals surface area contributed by atoms with Gasteiger partial charge in [-0.2, -0.15) is 4.39 Å². The largest absolute Gasteiger partial charge is 0.507 e. The van der Waals surface area contributed by atoms with Crippen molar-refractivity contribution >= 4 is 11.3 Å². The van der Waals surface area contributed by atoms with E-state index in [0.717, 1.165) is 17.4 Å². The van der Waals surface area contributed by atoms with Gasteiger partial charge in [0.2, 0.25) is 0 Å². The number of hydrogen-bond donors (Lipinski definition) is 1. The topological polar surface area (TPSA) is 20.2 Å². The van der Waals surface area contributed by atoms with Crippen molar-refractivity contribution in [2.45, 2.75) is 0 Å². The average Bonchev–Trinajstić information content (AvgIpc) is 1.87. The predicted molar refractivity (Wildman–Crippen MR) is 25.9 cm³/mol. The first-order valence-corrected chi connectivity index (χ1v) is 2.60. The molecule has 1 nitrogen and oxygen atoms in total. The summed E-state index contributed by atoms with van der Waals surface area (Å²) >= 11 is 0.888. The molecule has 0 bridgehead atoms. The Hall–Kier alpha value is -0.570. The van der Waals surface area contributed by atoms with E-state index in [0.29, 0.717) is 0 Å². The average molecular weight is 118 g/mol. The lowest BCUT2D eigenvalue weighted by Gasteiger charge is -1.68. The van der Waals surface area contributed by atoms with Crippen LogP contribution in [0.4, 0.5) is 4.39 Å². The molecule has 1 aromatic heterocycles. The summed E-state index contributed by atoms with van der Waals surface area (Å²) in [5, 5.41) is 9.42. The molecular weight excluding hydrogens is 115 g/mol. The van der Waals surface area contributed by atoms with Crippen LogP contribution in [0.3, 0.4) is 0 Å². The van der Waals surface area contributed by atoms with Crippen molar-refractivity contribution < 1.29 is 9.50 Å². The SMILES string of the molecule is Oc1csc(F)c1. The van der Waals surface area contributed by atoms with Crippen molar-refractivity contribution in [2.24, 2.45) is 0 Å². The Bertz CT molecular complexity index is 144. The molecule has 0 radical (unpaired) electrons. The van der Waals surface area contributed by atoms with E-state index in [1.54, 1.807) is 0 Å². The van der Waals surface area contributed by atoms with Gasteiger partial charge in [0.05, 0.1) is 0 Å². The maximum atomic E-state index is 11.8. The minimum absolute atomic E-state index is 0.00231. The fourth-order valence-electron chi connectivity index (χ4n) is 0.301. The van der Waals surface area contributed by atoms with Crippen LogP contribution in [0.5, 0.6) is 5.75 Å². The van der Waals surface area contributed by atoms with Gasteiger partial charge in [-0.25, -0.2) is 0 Å². The highest BCUT2D eigenvalue weighted by Crippen LogP contribution is 2.16. The number of hydrogen-bond acceptors (Lipinski definition) is 2. The van der Waals surface area contributed by atoms with Crippen LogP contribution in [0.2, 0.25) is 0 Å². The third-order valence-corrected chi connectivity index (χ3v) is 1.26. The van der Waals surface area contributed by atoms with E-state index in [2.05, 4.69) is 0 Å². The lowest BCUT2D eigenvalue weighted by Crippen LogP contribution is -1.48. The third kappa shape index (κ3) is 0.899. The molecule has 1 aromatic rings. The van der Waals surface area contributed by atoms with Gasteiger partial charge in [0, 0.05) is 11.4 Å². The molecule has 0 aliphatic carbocycles. The minimum atomic E-state index is -0.350. The van der Waals surface area contributed by atoms with Crippen LogP contribution < -0.4 is 0 Å². The van der Waals surface area contributed by atoms with Crippen molar-refractivity contribution in [3.05, 3.63) is 16.6 Å². The molecule has 0 atom stereocenters. The molecule has 1 rings (SSSR count). The van der Waals surface area contributed by atoms with Crippen molar-refractivity contribution in [1.82, 2.24) is 0 Å². The molecule has 1 heterocycles. The van der Waals surface area contributed by atoms with Crippen LogP contribution in [-0.4, -0.2) is 5.11 Å². The van der Waals surface area contributed by atoms with Crippen molar-refractivity contribution in [3.63, 3.8) is 0 Å². The first-order chi connectivity index (χ1) is 3.29. The van der Waals surface area contributed by atoms with Gasteiger partial charge in [-0.1, -0.05) is 0 Å². The summed E-state index contributed by atoms with van der Waals surface area (Å²) < 4.78 is 11.8. The van der Waals surface area contributed by atoms with Crippen molar-refractivity contribution in [1.29, 1.82) is 0 Å². The first-order valence-electron chi connectivity index (χ1n) is 1.72. The summed E-state index contributed by atoms with van der Waals surface area (Å²) in [7, 11) is 0. The summed E-state index contributed by atoms with van der Waals surface area (Å²) in [4.78, 5) is 0. The first kappa shape index (κ1) is 4.59. The summed E-state index contributed by atoms with van der Waals surface area (Å²) in [6, 6.07) is 1.07. The molecule has 0 saturated heterocycles. The molecule has 0 aliphatic heterocycles. The van der Waals surface area contributed by atoms with Crippen LogP contribution in [0.1, 0.15) is 0 Å². The van der Waals surface area contributed by atoms with Crippen LogP contribution in [0.15, 0.2) is 11.4 Å². The highest BCUT2D eigenvalue weighted by atomic mass is 32.1. The Morgan fingerprint density at radius 3 is 2.57 bits per heavy atom. The highest BCUT2D eigenvalue weighted by molar-refractivity contribution is 7.08. The van der Waals surface area contributed by atoms with Crippen LogP contribution in [0, 0.1) is 5.13 Å². The van der Waals surface area contributed by atoms with Crippen LogP contribution in [0.25, 0.3) is 0 Å². The van der Waals surface area contributed by atoms with E-state index in [4.69, 9.17) is 5.11 Å². The lowest BCUT2D eigenvalue weighted by molar-refractivity contribution is 0.475. The van der Waals surface area contributed by atoms with E-state index in [1.807, 2.05) is 0 Å². The van der Waals surface area contributed by atoms with Gasteiger partial charge in [0.15, 0.2) is 5.13 Å². The molecular formula is C4H3FOS. The maximum absolute atomic E-state index is 11.8. The Morgan fingerprint density at radius 1 is 1.71 bits per heavy atom. The van der Waals surface area contributed by atoms with E-state index in [-0.39, 0.29) is 10.9 Å². The van der Waals surface area contributed by atoms with Gasteiger partial charge >= 0.3 is 0 Å². The van der Waals surface area contributed by atoms with Crippen molar-refractivity contribution in [2.75, 3.05) is 0 Å². The molecule has 0 amide bonds. The van der Waals surface area contributed by atoms with Crippen LogP contribution in [-0.2, 0) is 0 Å². The zero-order valence-electron chi connectivity index (χ0n) is 3.39. The highest BCUT2D eigenvalue weighted by Gasteiger charge is 1.91. The van der Waals surface area contributed by atoms with E-state index in [9.17, 15) is 4.39 Å². The molecule has 0 spiro atoms. The predicted octanol–water partition coefficient (Wildman–Crippen LogP) is 1.59. The smallest absolute Gasteiger partial charge is 0.180 e. The fourth-order valence-corrected chi connectivity index (χ4v) is 0.791. The van der Waals surface area contributed by atoms with Gasteiger partial charge < -0.3 is 5.11 Å².